The minimum absolute atomic E-state index is 0.136. The molecule has 0 aliphatic carbocycles. The normalized spacial score (nSPS) is 33.4. The Kier molecular flexibility index (Phi) is 9.63. The van der Waals surface area contributed by atoms with Gasteiger partial charge in [0.2, 0.25) is 0 Å². The number of nitrogens with zero attached hydrogens (tertiary/aromatic N) is 2. The molecule has 3 aliphatic rings. The molecule has 0 radical (unpaired) electrons. The van der Waals surface area contributed by atoms with Gasteiger partial charge in [-0.15, -0.1) is 0 Å². The molecule has 3 rings (SSSR count). The van der Waals surface area contributed by atoms with Crippen molar-refractivity contribution in [2.24, 2.45) is 5.92 Å². The van der Waals surface area contributed by atoms with Gasteiger partial charge in [-0.2, -0.15) is 0 Å². The van der Waals surface area contributed by atoms with Crippen molar-refractivity contribution in [1.82, 2.24) is 9.80 Å². The summed E-state index contributed by atoms with van der Waals surface area (Å²) in [7, 11) is 0. The van der Waals surface area contributed by atoms with Crippen molar-refractivity contribution >= 4 is 59.8 Å². The molecule has 0 aromatic rings. The second-order valence-electron chi connectivity index (χ2n) is 9.02. The fourth-order valence-corrected chi connectivity index (χ4v) is 11.3. The number of carboxylic acid groups (broad SMARTS) is 1. The fourth-order valence-electron chi connectivity index (χ4n) is 4.93. The summed E-state index contributed by atoms with van der Waals surface area (Å²) in [5.41, 5.74) is 0. The predicted molar refractivity (Wildman–Crippen MR) is 127 cm³/mol. The van der Waals surface area contributed by atoms with Crippen LogP contribution in [0.3, 0.4) is 0 Å². The molecule has 3 heterocycles. The number of rotatable bonds is 12. The van der Waals surface area contributed by atoms with E-state index in [1.165, 1.54) is 43.4 Å². The van der Waals surface area contributed by atoms with E-state index in [0.29, 0.717) is 36.0 Å². The van der Waals surface area contributed by atoms with E-state index in [9.17, 15) is 19.8 Å². The zero-order chi connectivity index (χ0) is 21.8. The van der Waals surface area contributed by atoms with Crippen LogP contribution in [0.25, 0.3) is 0 Å². The number of hydrogen-bond donors (Lipinski definition) is 2. The van der Waals surface area contributed by atoms with Crippen LogP contribution in [0.2, 0.25) is 0 Å². The molecule has 0 aromatic carbocycles. The van der Waals surface area contributed by atoms with Crippen molar-refractivity contribution < 1.29 is 19.8 Å². The summed E-state index contributed by atoms with van der Waals surface area (Å²) in [6.07, 6.45) is 8.98. The molecule has 9 heteroatoms. The van der Waals surface area contributed by atoms with E-state index in [1.54, 1.807) is 23.5 Å². The maximum atomic E-state index is 12.5. The zero-order valence-corrected chi connectivity index (χ0v) is 25.9. The number of carbonyl (C=O) groups is 2. The van der Waals surface area contributed by atoms with Crippen molar-refractivity contribution in [1.29, 1.82) is 0 Å². The Bertz CT molecular complexity index is 614. The van der Waals surface area contributed by atoms with Crippen molar-refractivity contribution in [3.8, 4) is 0 Å². The van der Waals surface area contributed by atoms with Crippen LogP contribution in [0.15, 0.2) is 0 Å². The van der Waals surface area contributed by atoms with Gasteiger partial charge in [0.05, 0.1) is 0 Å². The summed E-state index contributed by atoms with van der Waals surface area (Å²) in [5, 5.41) is 20.2. The van der Waals surface area contributed by atoms with E-state index in [2.05, 4.69) is 11.8 Å². The van der Waals surface area contributed by atoms with Crippen molar-refractivity contribution in [2.75, 3.05) is 13.1 Å². The number of likely N-dealkylation sites (tertiary alicyclic amines) is 1. The Hall–Kier alpha value is 0.430. The van der Waals surface area contributed by atoms with Gasteiger partial charge in [-0.05, 0) is 0 Å². The average Bonchev–Trinajstić information content (AvgIpc) is 3.31. The molecule has 7 atom stereocenters. The maximum absolute atomic E-state index is 12.5. The SMILES string of the molecule is CCCCCCC[CH]([InH2])N1CCC(SC2SC3[C@H]([C@@H](O)CC)C(=O)N3C2C(=O)O)C1. The van der Waals surface area contributed by atoms with Gasteiger partial charge >= 0.3 is 205 Å². The Morgan fingerprint density at radius 1 is 1.30 bits per heavy atom. The summed E-state index contributed by atoms with van der Waals surface area (Å²) < 4.78 is 0.652. The average molecular weight is 560 g/mol. The van der Waals surface area contributed by atoms with Crippen LogP contribution in [-0.2, 0) is 9.59 Å². The number of aliphatic hydroxyl groups is 1. The van der Waals surface area contributed by atoms with E-state index in [-0.39, 0.29) is 15.9 Å². The minimum atomic E-state index is -0.910. The second-order valence-corrected chi connectivity index (χ2v) is 15.8. The van der Waals surface area contributed by atoms with Crippen molar-refractivity contribution in [2.45, 2.75) is 96.4 Å². The van der Waals surface area contributed by atoms with E-state index in [1.807, 2.05) is 6.92 Å². The standard InChI is InChI=1S/C21H35N2O4S2.In.2H/c1-3-5-6-7-8-9-11-22-12-10-14(13-22)28-21-17(20(26)27)23-18(25)16(15(24)4-2)19(23)29-21;;;/h11,14-17,19,21,24H,3-10,12-13H2,1-2H3,(H,26,27);;;/t14?,15-,16+,17?,19?,21?;;;/m0.../s1. The summed E-state index contributed by atoms with van der Waals surface area (Å²) in [6.45, 7) is 6.30. The number of fused-ring (bicyclic) bond motifs is 1. The molecule has 170 valence electrons. The molecular formula is C21H37InN2O4S2. The Morgan fingerprint density at radius 2 is 2.03 bits per heavy atom. The Morgan fingerprint density at radius 3 is 2.70 bits per heavy atom. The molecule has 30 heavy (non-hydrogen) atoms. The summed E-state index contributed by atoms with van der Waals surface area (Å²) in [6, 6.07) is -0.762. The molecule has 5 unspecified atom stereocenters. The Balaban J connectivity index is 1.50. The summed E-state index contributed by atoms with van der Waals surface area (Å²) in [5.74, 6) is -1.53. The number of unbranched alkanes of at least 4 members (excludes halogenated alkanes) is 4. The molecule has 3 fully saturated rings. The number of hydrogen-bond acceptors (Lipinski definition) is 6. The van der Waals surface area contributed by atoms with Gasteiger partial charge in [0.25, 0.3) is 0 Å². The van der Waals surface area contributed by atoms with Crippen LogP contribution in [0, 0.1) is 5.92 Å². The van der Waals surface area contributed by atoms with Crippen LogP contribution in [-0.4, -0.2) is 101 Å². The van der Waals surface area contributed by atoms with Gasteiger partial charge in [-0.3, -0.25) is 0 Å². The van der Waals surface area contributed by atoms with Crippen LogP contribution in [0.5, 0.6) is 0 Å². The van der Waals surface area contributed by atoms with Crippen LogP contribution < -0.4 is 0 Å². The first kappa shape index (κ1) is 25.1. The van der Waals surface area contributed by atoms with Gasteiger partial charge in [0.1, 0.15) is 0 Å². The predicted octanol–water partition coefficient (Wildman–Crippen LogP) is 2.20. The first-order valence-electron chi connectivity index (χ1n) is 11.7. The second kappa shape index (κ2) is 11.5. The van der Waals surface area contributed by atoms with Gasteiger partial charge in [0.15, 0.2) is 0 Å². The van der Waals surface area contributed by atoms with E-state index < -0.39 is 24.0 Å². The monoisotopic (exact) mass is 560 g/mol. The Labute approximate surface area is 203 Å². The number of carbonyl (C=O) groups excluding carboxylic acids is 1. The first-order valence-corrected chi connectivity index (χ1v) is 16.8. The van der Waals surface area contributed by atoms with Gasteiger partial charge in [-0.1, -0.05) is 0 Å². The molecule has 0 aromatic heterocycles. The van der Waals surface area contributed by atoms with Crippen LogP contribution >= 0.6 is 23.5 Å². The number of β-lactam (4-membered cyclic amide) rings is 1. The molecule has 3 saturated heterocycles. The summed E-state index contributed by atoms with van der Waals surface area (Å²) >= 11 is 3.96. The number of amides is 1. The summed E-state index contributed by atoms with van der Waals surface area (Å²) in [4.78, 5) is 28.6. The van der Waals surface area contributed by atoms with Gasteiger partial charge in [0, 0.05) is 0 Å². The quantitative estimate of drug-likeness (QED) is 0.280. The van der Waals surface area contributed by atoms with Crippen molar-refractivity contribution in [3.63, 3.8) is 0 Å². The molecule has 0 saturated carbocycles. The molecule has 3 aliphatic heterocycles. The zero-order valence-electron chi connectivity index (χ0n) is 18.5. The van der Waals surface area contributed by atoms with Crippen molar-refractivity contribution in [3.05, 3.63) is 0 Å². The molecule has 1 amide bonds. The molecule has 0 bridgehead atoms. The molecule has 6 nitrogen and oxygen atoms in total. The number of aliphatic hydroxyl groups excluding tert-OH is 1. The first-order chi connectivity index (χ1) is 14.4. The molecule has 0 spiro atoms. The number of aliphatic carboxylic acids is 1. The third kappa shape index (κ3) is 5.49. The topological polar surface area (TPSA) is 81.1 Å². The third-order valence-corrected chi connectivity index (χ3v) is 13.9. The fraction of sp³-hybridized carbons (Fsp3) is 0.905. The van der Waals surface area contributed by atoms with Gasteiger partial charge in [-0.25, -0.2) is 0 Å². The number of thioether (sulfide) groups is 2. The van der Waals surface area contributed by atoms with Crippen LogP contribution in [0.1, 0.15) is 65.2 Å². The van der Waals surface area contributed by atoms with Gasteiger partial charge < -0.3 is 0 Å². The van der Waals surface area contributed by atoms with E-state index in [4.69, 9.17) is 0 Å². The van der Waals surface area contributed by atoms with E-state index >= 15 is 0 Å². The van der Waals surface area contributed by atoms with Crippen LogP contribution in [0.4, 0.5) is 0 Å². The number of carboxylic acids is 1. The molecular weight excluding hydrogens is 523 g/mol. The third-order valence-electron chi connectivity index (χ3n) is 6.89. The van der Waals surface area contributed by atoms with E-state index in [0.717, 1.165) is 23.3 Å². The molecule has 2 N–H and O–H groups in total.